The number of alkyl halides is 1. The zero-order chi connectivity index (χ0) is 14.5. The summed E-state index contributed by atoms with van der Waals surface area (Å²) in [5, 5.41) is 3.32. The van der Waals surface area contributed by atoms with Gasteiger partial charge >= 0.3 is 0 Å². The Labute approximate surface area is 126 Å². The molecule has 0 aromatic heterocycles. The van der Waals surface area contributed by atoms with Crippen LogP contribution in [0, 0.1) is 5.92 Å². The van der Waals surface area contributed by atoms with Crippen LogP contribution in [-0.2, 0) is 0 Å². The third kappa shape index (κ3) is 4.14. The minimum Gasteiger partial charge on any atom is -0.378 e. The van der Waals surface area contributed by atoms with E-state index in [1.165, 1.54) is 12.8 Å². The van der Waals surface area contributed by atoms with Gasteiger partial charge in [-0.05, 0) is 43.4 Å². The van der Waals surface area contributed by atoms with Gasteiger partial charge in [0.1, 0.15) is 0 Å². The normalized spacial score (nSPS) is 22.4. The first-order valence-electron chi connectivity index (χ1n) is 7.26. The highest BCUT2D eigenvalue weighted by molar-refractivity contribution is 6.20. The van der Waals surface area contributed by atoms with Gasteiger partial charge in [-0.3, -0.25) is 4.79 Å². The quantitative estimate of drug-likeness (QED) is 0.864. The van der Waals surface area contributed by atoms with Gasteiger partial charge in [0.25, 0.3) is 5.91 Å². The highest BCUT2D eigenvalue weighted by Crippen LogP contribution is 2.27. The number of carbonyl (C=O) groups excluding carboxylic acids is 1. The topological polar surface area (TPSA) is 32.3 Å². The predicted octanol–water partition coefficient (Wildman–Crippen LogP) is 3.28. The van der Waals surface area contributed by atoms with E-state index < -0.39 is 0 Å². The van der Waals surface area contributed by atoms with Crippen LogP contribution in [0.25, 0.3) is 0 Å². The molecule has 1 fully saturated rings. The van der Waals surface area contributed by atoms with Crippen molar-refractivity contribution in [1.82, 2.24) is 5.32 Å². The molecule has 1 N–H and O–H groups in total. The van der Waals surface area contributed by atoms with Crippen molar-refractivity contribution < 1.29 is 4.79 Å². The number of anilines is 1. The fourth-order valence-corrected chi connectivity index (χ4v) is 3.08. The summed E-state index contributed by atoms with van der Waals surface area (Å²) < 4.78 is 0. The molecule has 0 aliphatic heterocycles. The molecule has 2 atom stereocenters. The second-order valence-electron chi connectivity index (χ2n) is 5.78. The van der Waals surface area contributed by atoms with Crippen LogP contribution < -0.4 is 10.2 Å². The van der Waals surface area contributed by atoms with Crippen molar-refractivity contribution in [3.63, 3.8) is 0 Å². The summed E-state index contributed by atoms with van der Waals surface area (Å²) in [5.41, 5.74) is 1.76. The maximum atomic E-state index is 12.2. The van der Waals surface area contributed by atoms with E-state index in [9.17, 15) is 4.79 Å². The van der Waals surface area contributed by atoms with Gasteiger partial charge < -0.3 is 10.2 Å². The second-order valence-corrected chi connectivity index (χ2v) is 6.40. The molecule has 2 rings (SSSR count). The molecule has 110 valence electrons. The first-order chi connectivity index (χ1) is 9.56. The average molecular weight is 295 g/mol. The Balaban J connectivity index is 1.89. The van der Waals surface area contributed by atoms with E-state index in [4.69, 9.17) is 11.6 Å². The van der Waals surface area contributed by atoms with E-state index in [1.807, 2.05) is 43.3 Å². The molecule has 1 aromatic carbocycles. The molecule has 3 nitrogen and oxygen atoms in total. The van der Waals surface area contributed by atoms with Gasteiger partial charge in [0, 0.05) is 37.3 Å². The summed E-state index contributed by atoms with van der Waals surface area (Å²) in [7, 11) is 3.94. The van der Waals surface area contributed by atoms with Gasteiger partial charge in [0.2, 0.25) is 0 Å². The molecule has 0 heterocycles. The third-order valence-electron chi connectivity index (χ3n) is 3.89. The van der Waals surface area contributed by atoms with Crippen LogP contribution in [0.2, 0.25) is 0 Å². The van der Waals surface area contributed by atoms with E-state index >= 15 is 0 Å². The molecule has 1 aliphatic rings. The van der Waals surface area contributed by atoms with Gasteiger partial charge in [-0.2, -0.15) is 0 Å². The number of benzene rings is 1. The second kappa shape index (κ2) is 6.98. The van der Waals surface area contributed by atoms with E-state index in [2.05, 4.69) is 5.32 Å². The van der Waals surface area contributed by atoms with Crippen molar-refractivity contribution in [2.45, 2.75) is 31.1 Å². The number of hydrogen-bond acceptors (Lipinski definition) is 2. The zero-order valence-electron chi connectivity index (χ0n) is 12.2. The Hall–Kier alpha value is -1.22. The molecular formula is C16H23ClN2O. The first kappa shape index (κ1) is 15.2. The molecule has 1 saturated carbocycles. The molecule has 20 heavy (non-hydrogen) atoms. The Bertz CT molecular complexity index is 462. The molecule has 2 unspecified atom stereocenters. The number of carbonyl (C=O) groups is 1. The van der Waals surface area contributed by atoms with Crippen molar-refractivity contribution in [1.29, 1.82) is 0 Å². The largest absolute Gasteiger partial charge is 0.378 e. The van der Waals surface area contributed by atoms with E-state index in [1.54, 1.807) is 0 Å². The third-order valence-corrected chi connectivity index (χ3v) is 4.29. The summed E-state index contributed by atoms with van der Waals surface area (Å²) in [6.45, 7) is 0.730. The molecule has 1 aliphatic carbocycles. The Morgan fingerprint density at radius 2 is 2.20 bits per heavy atom. The molecule has 0 radical (unpaired) electrons. The molecule has 0 bridgehead atoms. The van der Waals surface area contributed by atoms with Crippen LogP contribution in [0.5, 0.6) is 0 Å². The van der Waals surface area contributed by atoms with Gasteiger partial charge in [-0.15, -0.1) is 11.6 Å². The average Bonchev–Trinajstić information content (AvgIpc) is 2.45. The van der Waals surface area contributed by atoms with Crippen LogP contribution >= 0.6 is 11.6 Å². The van der Waals surface area contributed by atoms with Crippen LogP contribution in [0.15, 0.2) is 24.3 Å². The Kier molecular flexibility index (Phi) is 5.30. The monoisotopic (exact) mass is 294 g/mol. The highest BCUT2D eigenvalue weighted by Gasteiger charge is 2.20. The molecule has 4 heteroatoms. The molecule has 0 spiro atoms. The Morgan fingerprint density at radius 3 is 2.90 bits per heavy atom. The minimum absolute atomic E-state index is 0.00500. The Morgan fingerprint density at radius 1 is 1.40 bits per heavy atom. The van der Waals surface area contributed by atoms with Gasteiger partial charge in [-0.1, -0.05) is 12.5 Å². The first-order valence-corrected chi connectivity index (χ1v) is 7.69. The molecular weight excluding hydrogens is 272 g/mol. The van der Waals surface area contributed by atoms with Crippen LogP contribution in [0.4, 0.5) is 5.69 Å². The summed E-state index contributed by atoms with van der Waals surface area (Å²) in [6.07, 6.45) is 4.46. The maximum Gasteiger partial charge on any atom is 0.251 e. The van der Waals surface area contributed by atoms with Crippen LogP contribution in [0.3, 0.4) is 0 Å². The standard InChI is InChI=1S/C16H23ClN2O/c1-19(2)15-8-4-6-13(10-15)16(20)18-11-12-5-3-7-14(17)9-12/h4,6,8,10,12,14H,3,5,7,9,11H2,1-2H3,(H,18,20). The number of halogens is 1. The maximum absolute atomic E-state index is 12.2. The van der Waals surface area contributed by atoms with Crippen molar-refractivity contribution in [2.75, 3.05) is 25.5 Å². The van der Waals surface area contributed by atoms with Gasteiger partial charge in [0.05, 0.1) is 0 Å². The van der Waals surface area contributed by atoms with Crippen molar-refractivity contribution in [3.8, 4) is 0 Å². The number of amides is 1. The SMILES string of the molecule is CN(C)c1cccc(C(=O)NCC2CCCC(Cl)C2)c1. The summed E-state index contributed by atoms with van der Waals surface area (Å²) in [5.74, 6) is 0.526. The summed E-state index contributed by atoms with van der Waals surface area (Å²) in [4.78, 5) is 14.2. The predicted molar refractivity (Wildman–Crippen MR) is 84.7 cm³/mol. The lowest BCUT2D eigenvalue weighted by Gasteiger charge is -2.25. The highest BCUT2D eigenvalue weighted by atomic mass is 35.5. The number of nitrogens with one attached hydrogen (secondary N) is 1. The molecule has 1 aromatic rings. The number of nitrogens with zero attached hydrogens (tertiary/aromatic N) is 1. The fraction of sp³-hybridized carbons (Fsp3) is 0.562. The zero-order valence-corrected chi connectivity index (χ0v) is 13.0. The van der Waals surface area contributed by atoms with Gasteiger partial charge in [0.15, 0.2) is 0 Å². The minimum atomic E-state index is 0.00500. The van der Waals surface area contributed by atoms with Crippen molar-refractivity contribution in [3.05, 3.63) is 29.8 Å². The summed E-state index contributed by atoms with van der Waals surface area (Å²) in [6, 6.07) is 7.68. The lowest BCUT2D eigenvalue weighted by molar-refractivity contribution is 0.0943. The van der Waals surface area contributed by atoms with E-state index in [0.717, 1.165) is 30.6 Å². The van der Waals surface area contributed by atoms with Crippen molar-refractivity contribution in [2.24, 2.45) is 5.92 Å². The lowest BCUT2D eigenvalue weighted by atomic mass is 9.89. The van der Waals surface area contributed by atoms with E-state index in [0.29, 0.717) is 5.92 Å². The van der Waals surface area contributed by atoms with Crippen molar-refractivity contribution >= 4 is 23.2 Å². The van der Waals surface area contributed by atoms with Crippen LogP contribution in [0.1, 0.15) is 36.0 Å². The van der Waals surface area contributed by atoms with Gasteiger partial charge in [-0.25, -0.2) is 0 Å². The number of hydrogen-bond donors (Lipinski definition) is 1. The lowest BCUT2D eigenvalue weighted by Crippen LogP contribution is -2.32. The molecule has 1 amide bonds. The smallest absolute Gasteiger partial charge is 0.251 e. The summed E-state index contributed by atoms with van der Waals surface area (Å²) >= 11 is 6.18. The molecule has 0 saturated heterocycles. The van der Waals surface area contributed by atoms with Crippen LogP contribution in [-0.4, -0.2) is 31.9 Å². The number of rotatable bonds is 4. The fourth-order valence-electron chi connectivity index (χ4n) is 2.68. The van der Waals surface area contributed by atoms with E-state index in [-0.39, 0.29) is 11.3 Å².